The van der Waals surface area contributed by atoms with Crippen LogP contribution in [0.2, 0.25) is 0 Å². The van der Waals surface area contributed by atoms with Crippen LogP contribution in [0.5, 0.6) is 0 Å². The van der Waals surface area contributed by atoms with Crippen LogP contribution in [0, 0.1) is 0 Å². The molecule has 0 saturated carbocycles. The lowest BCUT2D eigenvalue weighted by atomic mass is 10.3. The van der Waals surface area contributed by atoms with Crippen LogP contribution in [0.25, 0.3) is 0 Å². The Labute approximate surface area is 113 Å². The number of carboxylic acids is 1. The molecule has 1 aromatic rings. The highest BCUT2D eigenvalue weighted by Crippen LogP contribution is 1.90. The molecule has 19 heavy (non-hydrogen) atoms. The molecule has 0 radical (unpaired) electrons. The molecule has 0 aliphatic rings. The first-order chi connectivity index (χ1) is 9.29. The zero-order chi connectivity index (χ0) is 13.8. The first-order valence-corrected chi connectivity index (χ1v) is 6.53. The smallest absolute Gasteiger partial charge is 0.304 e. The van der Waals surface area contributed by atoms with Gasteiger partial charge in [-0.05, 0) is 12.1 Å². The second-order valence-electron chi connectivity index (χ2n) is 4.14. The molecule has 6 heteroatoms. The molecule has 0 fully saturated rings. The highest BCUT2D eigenvalue weighted by Gasteiger charge is 1.95. The van der Waals surface area contributed by atoms with E-state index in [1.165, 1.54) is 0 Å². The van der Waals surface area contributed by atoms with E-state index >= 15 is 0 Å². The van der Waals surface area contributed by atoms with Gasteiger partial charge in [-0.2, -0.15) is 0 Å². The van der Waals surface area contributed by atoms with Crippen molar-refractivity contribution in [1.82, 2.24) is 20.9 Å². The summed E-state index contributed by atoms with van der Waals surface area (Å²) in [6, 6.07) is 5.88. The van der Waals surface area contributed by atoms with Crippen molar-refractivity contribution in [1.29, 1.82) is 0 Å². The predicted molar refractivity (Wildman–Crippen MR) is 73.9 cm³/mol. The number of nitrogens with zero attached hydrogens (tertiary/aromatic N) is 1. The second kappa shape index (κ2) is 10.4. The molecule has 0 aromatic carbocycles. The topological polar surface area (TPSA) is 86.3 Å². The molecule has 0 saturated heterocycles. The van der Waals surface area contributed by atoms with Crippen molar-refractivity contribution in [3.8, 4) is 0 Å². The summed E-state index contributed by atoms with van der Waals surface area (Å²) in [4.78, 5) is 14.5. The van der Waals surface area contributed by atoms with Crippen LogP contribution in [0.4, 0.5) is 0 Å². The maximum Gasteiger partial charge on any atom is 0.304 e. The van der Waals surface area contributed by atoms with Gasteiger partial charge in [0, 0.05) is 45.5 Å². The minimum atomic E-state index is -0.765. The van der Waals surface area contributed by atoms with Gasteiger partial charge in [0.2, 0.25) is 0 Å². The lowest BCUT2D eigenvalue weighted by molar-refractivity contribution is -0.136. The van der Waals surface area contributed by atoms with Crippen LogP contribution in [-0.4, -0.2) is 48.8 Å². The van der Waals surface area contributed by atoms with Gasteiger partial charge in [-0.15, -0.1) is 0 Å². The maximum atomic E-state index is 10.3. The monoisotopic (exact) mass is 266 g/mol. The summed E-state index contributed by atoms with van der Waals surface area (Å²) < 4.78 is 0. The first kappa shape index (κ1) is 15.6. The van der Waals surface area contributed by atoms with Gasteiger partial charge in [0.15, 0.2) is 0 Å². The van der Waals surface area contributed by atoms with E-state index in [-0.39, 0.29) is 6.42 Å². The summed E-state index contributed by atoms with van der Waals surface area (Å²) >= 11 is 0. The number of rotatable bonds is 11. The highest BCUT2D eigenvalue weighted by molar-refractivity contribution is 5.66. The van der Waals surface area contributed by atoms with E-state index in [0.717, 1.165) is 38.4 Å². The van der Waals surface area contributed by atoms with E-state index in [4.69, 9.17) is 5.11 Å². The molecular weight excluding hydrogens is 244 g/mol. The van der Waals surface area contributed by atoms with Crippen molar-refractivity contribution in [2.45, 2.75) is 13.0 Å². The Kier molecular flexibility index (Phi) is 8.54. The third-order valence-electron chi connectivity index (χ3n) is 2.51. The minimum Gasteiger partial charge on any atom is -0.481 e. The summed E-state index contributed by atoms with van der Waals surface area (Å²) in [7, 11) is 0. The third kappa shape index (κ3) is 9.12. The minimum absolute atomic E-state index is 0.172. The fraction of sp³-hybridized carbons (Fsp3) is 0.538. The van der Waals surface area contributed by atoms with E-state index in [2.05, 4.69) is 20.9 Å². The Balaban J connectivity index is 1.83. The summed E-state index contributed by atoms with van der Waals surface area (Å²) in [5.74, 6) is -0.765. The van der Waals surface area contributed by atoms with Crippen LogP contribution in [-0.2, 0) is 11.3 Å². The number of hydrogen-bond donors (Lipinski definition) is 4. The van der Waals surface area contributed by atoms with Gasteiger partial charge < -0.3 is 21.1 Å². The van der Waals surface area contributed by atoms with Gasteiger partial charge in [0.05, 0.1) is 12.1 Å². The first-order valence-electron chi connectivity index (χ1n) is 6.53. The van der Waals surface area contributed by atoms with Crippen molar-refractivity contribution >= 4 is 5.97 Å². The standard InChI is InChI=1S/C13H22N4O2/c18-13(19)4-6-14-7-8-15-9-10-16-11-12-3-1-2-5-17-12/h1-3,5,14-16H,4,6-11H2,(H,18,19). The van der Waals surface area contributed by atoms with Gasteiger partial charge in [-0.1, -0.05) is 6.07 Å². The maximum absolute atomic E-state index is 10.3. The zero-order valence-corrected chi connectivity index (χ0v) is 11.1. The van der Waals surface area contributed by atoms with Gasteiger partial charge >= 0.3 is 5.97 Å². The molecular formula is C13H22N4O2. The molecule has 1 aromatic heterocycles. The largest absolute Gasteiger partial charge is 0.481 e. The van der Waals surface area contributed by atoms with Crippen LogP contribution < -0.4 is 16.0 Å². The number of hydrogen-bond acceptors (Lipinski definition) is 5. The van der Waals surface area contributed by atoms with Gasteiger partial charge in [-0.3, -0.25) is 9.78 Å². The lowest BCUT2D eigenvalue weighted by Crippen LogP contribution is -2.33. The highest BCUT2D eigenvalue weighted by atomic mass is 16.4. The Bertz CT molecular complexity index is 346. The van der Waals surface area contributed by atoms with Crippen LogP contribution >= 0.6 is 0 Å². The normalized spacial score (nSPS) is 10.5. The fourth-order valence-electron chi connectivity index (χ4n) is 1.52. The SMILES string of the molecule is O=C(O)CCNCCNCCNCc1ccccn1. The molecule has 0 unspecified atom stereocenters. The number of aliphatic carboxylic acids is 1. The summed E-state index contributed by atoms with van der Waals surface area (Å²) in [5, 5.41) is 18.1. The number of nitrogens with one attached hydrogen (secondary N) is 3. The number of carboxylic acid groups (broad SMARTS) is 1. The number of aromatic nitrogens is 1. The zero-order valence-electron chi connectivity index (χ0n) is 11.1. The third-order valence-corrected chi connectivity index (χ3v) is 2.51. The Morgan fingerprint density at radius 1 is 1.05 bits per heavy atom. The molecule has 1 rings (SSSR count). The molecule has 4 N–H and O–H groups in total. The van der Waals surface area contributed by atoms with Crippen molar-refractivity contribution in [3.63, 3.8) is 0 Å². The molecule has 0 amide bonds. The van der Waals surface area contributed by atoms with Gasteiger partial charge in [0.1, 0.15) is 0 Å². The Hall–Kier alpha value is -1.50. The van der Waals surface area contributed by atoms with Gasteiger partial charge in [-0.25, -0.2) is 0 Å². The van der Waals surface area contributed by atoms with E-state index < -0.39 is 5.97 Å². The average Bonchev–Trinajstić information content (AvgIpc) is 2.42. The van der Waals surface area contributed by atoms with E-state index in [1.54, 1.807) is 6.20 Å². The Morgan fingerprint density at radius 2 is 1.74 bits per heavy atom. The van der Waals surface area contributed by atoms with E-state index in [1.807, 2.05) is 18.2 Å². The molecule has 0 bridgehead atoms. The number of pyridine rings is 1. The van der Waals surface area contributed by atoms with Crippen molar-refractivity contribution in [2.75, 3.05) is 32.7 Å². The van der Waals surface area contributed by atoms with Crippen molar-refractivity contribution < 1.29 is 9.90 Å². The summed E-state index contributed by atoms with van der Waals surface area (Å²) in [6.45, 7) is 4.69. The predicted octanol–water partition coefficient (Wildman–Crippen LogP) is -0.175. The molecule has 0 aliphatic carbocycles. The average molecular weight is 266 g/mol. The van der Waals surface area contributed by atoms with E-state index in [9.17, 15) is 4.79 Å². The molecule has 6 nitrogen and oxygen atoms in total. The molecule has 1 heterocycles. The van der Waals surface area contributed by atoms with Gasteiger partial charge in [0.25, 0.3) is 0 Å². The quantitative estimate of drug-likeness (QED) is 0.416. The van der Waals surface area contributed by atoms with E-state index in [0.29, 0.717) is 6.54 Å². The molecule has 0 atom stereocenters. The summed E-state index contributed by atoms with van der Waals surface area (Å²) in [6.07, 6.45) is 1.96. The van der Waals surface area contributed by atoms with Crippen molar-refractivity contribution in [2.24, 2.45) is 0 Å². The van der Waals surface area contributed by atoms with Crippen LogP contribution in [0.1, 0.15) is 12.1 Å². The number of carbonyl (C=O) groups is 1. The second-order valence-corrected chi connectivity index (χ2v) is 4.14. The molecule has 0 spiro atoms. The molecule has 106 valence electrons. The fourth-order valence-corrected chi connectivity index (χ4v) is 1.52. The lowest BCUT2D eigenvalue weighted by Gasteiger charge is -2.07. The van der Waals surface area contributed by atoms with Crippen LogP contribution in [0.15, 0.2) is 24.4 Å². The molecule has 0 aliphatic heterocycles. The van der Waals surface area contributed by atoms with Crippen molar-refractivity contribution in [3.05, 3.63) is 30.1 Å². The summed E-state index contributed by atoms with van der Waals surface area (Å²) in [5.41, 5.74) is 1.04. The van der Waals surface area contributed by atoms with Crippen LogP contribution in [0.3, 0.4) is 0 Å². The Morgan fingerprint density at radius 3 is 2.37 bits per heavy atom.